The SMILES string of the molecule is CC1(C)Cc2c(cnn2-c2ccccc2)[C@@H](NC(=O)C2=CCCCC2)C1. The van der Waals surface area contributed by atoms with Crippen LogP contribution in [0.3, 0.4) is 0 Å². The van der Waals surface area contributed by atoms with Crippen molar-refractivity contribution in [2.24, 2.45) is 5.41 Å². The molecule has 26 heavy (non-hydrogen) atoms. The van der Waals surface area contributed by atoms with Crippen molar-refractivity contribution in [2.45, 2.75) is 58.4 Å². The molecule has 0 unspecified atom stereocenters. The molecule has 1 amide bonds. The van der Waals surface area contributed by atoms with Gasteiger partial charge < -0.3 is 5.32 Å². The van der Waals surface area contributed by atoms with Crippen LogP contribution in [0.1, 0.15) is 63.3 Å². The molecular formula is C22H27N3O. The minimum atomic E-state index is 0.0292. The van der Waals surface area contributed by atoms with E-state index in [-0.39, 0.29) is 17.4 Å². The fraction of sp³-hybridized carbons (Fsp3) is 0.455. The predicted molar refractivity (Wildman–Crippen MR) is 103 cm³/mol. The van der Waals surface area contributed by atoms with Crippen LogP contribution in [0.15, 0.2) is 48.2 Å². The van der Waals surface area contributed by atoms with Crippen molar-refractivity contribution < 1.29 is 4.79 Å². The van der Waals surface area contributed by atoms with Gasteiger partial charge in [-0.2, -0.15) is 5.10 Å². The van der Waals surface area contributed by atoms with Crippen molar-refractivity contribution in [1.82, 2.24) is 15.1 Å². The van der Waals surface area contributed by atoms with E-state index in [1.807, 2.05) is 29.1 Å². The summed E-state index contributed by atoms with van der Waals surface area (Å²) in [6.45, 7) is 4.55. The molecule has 2 aliphatic carbocycles. The van der Waals surface area contributed by atoms with Crippen molar-refractivity contribution in [3.05, 3.63) is 59.4 Å². The van der Waals surface area contributed by atoms with Crippen LogP contribution in [-0.4, -0.2) is 15.7 Å². The zero-order chi connectivity index (χ0) is 18.1. The van der Waals surface area contributed by atoms with Crippen LogP contribution in [0, 0.1) is 5.41 Å². The first kappa shape index (κ1) is 17.1. The van der Waals surface area contributed by atoms with Crippen LogP contribution in [0.2, 0.25) is 0 Å². The fourth-order valence-electron chi connectivity index (χ4n) is 4.26. The third-order valence-electron chi connectivity index (χ3n) is 5.57. The summed E-state index contributed by atoms with van der Waals surface area (Å²) >= 11 is 0. The standard InChI is InChI=1S/C22H27N3O/c1-22(2)13-19(24-21(26)16-9-5-3-6-10-16)18-15-23-25(20(18)14-22)17-11-7-4-8-12-17/h4,7-9,11-12,15,19H,3,5-6,10,13-14H2,1-2H3,(H,24,26)/t19-/m0/s1. The van der Waals surface area contributed by atoms with E-state index < -0.39 is 0 Å². The summed E-state index contributed by atoms with van der Waals surface area (Å²) in [5, 5.41) is 7.96. The topological polar surface area (TPSA) is 46.9 Å². The molecule has 1 N–H and O–H groups in total. The Morgan fingerprint density at radius 1 is 1.23 bits per heavy atom. The smallest absolute Gasteiger partial charge is 0.247 e. The number of rotatable bonds is 3. The number of para-hydroxylation sites is 1. The van der Waals surface area contributed by atoms with E-state index in [4.69, 9.17) is 0 Å². The molecule has 0 radical (unpaired) electrons. The Balaban J connectivity index is 1.65. The molecule has 0 bridgehead atoms. The Morgan fingerprint density at radius 2 is 2.04 bits per heavy atom. The third kappa shape index (κ3) is 3.33. The molecule has 0 fully saturated rings. The van der Waals surface area contributed by atoms with Crippen LogP contribution < -0.4 is 5.32 Å². The first-order valence-electron chi connectivity index (χ1n) is 9.66. The maximum atomic E-state index is 12.8. The summed E-state index contributed by atoms with van der Waals surface area (Å²) in [6.07, 6.45) is 10.2. The number of allylic oxidation sites excluding steroid dienone is 1. The second-order valence-electron chi connectivity index (χ2n) is 8.34. The summed E-state index contributed by atoms with van der Waals surface area (Å²) in [5.74, 6) is 0.103. The number of aromatic nitrogens is 2. The minimum Gasteiger partial charge on any atom is -0.345 e. The van der Waals surface area contributed by atoms with Gasteiger partial charge in [0.15, 0.2) is 0 Å². The highest BCUT2D eigenvalue weighted by molar-refractivity contribution is 5.93. The number of nitrogens with one attached hydrogen (secondary N) is 1. The number of fused-ring (bicyclic) bond motifs is 1. The molecule has 1 atom stereocenters. The van der Waals surface area contributed by atoms with Crippen molar-refractivity contribution in [1.29, 1.82) is 0 Å². The highest BCUT2D eigenvalue weighted by Gasteiger charge is 2.36. The van der Waals surface area contributed by atoms with Crippen molar-refractivity contribution in [2.75, 3.05) is 0 Å². The molecule has 1 heterocycles. The summed E-state index contributed by atoms with van der Waals surface area (Å²) in [5.41, 5.74) is 4.54. The lowest BCUT2D eigenvalue weighted by Crippen LogP contribution is -2.37. The number of nitrogens with zero attached hydrogens (tertiary/aromatic N) is 2. The largest absolute Gasteiger partial charge is 0.345 e. The quantitative estimate of drug-likeness (QED) is 0.887. The second-order valence-corrected chi connectivity index (χ2v) is 8.34. The Morgan fingerprint density at radius 3 is 2.77 bits per heavy atom. The average Bonchev–Trinajstić information content (AvgIpc) is 3.05. The van der Waals surface area contributed by atoms with Gasteiger partial charge in [-0.25, -0.2) is 4.68 Å². The lowest BCUT2D eigenvalue weighted by atomic mass is 9.74. The van der Waals surface area contributed by atoms with Crippen molar-refractivity contribution >= 4 is 5.91 Å². The third-order valence-corrected chi connectivity index (χ3v) is 5.57. The number of amides is 1. The number of carbonyl (C=O) groups excluding carboxylic acids is 1. The van der Waals surface area contributed by atoms with Crippen LogP contribution in [-0.2, 0) is 11.2 Å². The first-order chi connectivity index (χ1) is 12.5. The molecule has 0 saturated heterocycles. The van der Waals surface area contributed by atoms with Crippen LogP contribution in [0.25, 0.3) is 5.69 Å². The molecule has 2 aromatic rings. The highest BCUT2D eigenvalue weighted by atomic mass is 16.1. The van der Waals surface area contributed by atoms with E-state index in [9.17, 15) is 4.79 Å². The molecule has 1 aromatic heterocycles. The van der Waals surface area contributed by atoms with E-state index >= 15 is 0 Å². The molecule has 136 valence electrons. The summed E-state index contributed by atoms with van der Waals surface area (Å²) in [4.78, 5) is 12.8. The van der Waals surface area contributed by atoms with Crippen LogP contribution >= 0.6 is 0 Å². The molecule has 4 nitrogen and oxygen atoms in total. The lowest BCUT2D eigenvalue weighted by Gasteiger charge is -2.36. The predicted octanol–water partition coefficient (Wildman–Crippen LogP) is 4.50. The van der Waals surface area contributed by atoms with E-state index in [1.54, 1.807) is 0 Å². The van der Waals surface area contributed by atoms with Gasteiger partial charge in [-0.3, -0.25) is 4.79 Å². The Kier molecular flexibility index (Phi) is 4.43. The Bertz CT molecular complexity index is 832. The van der Waals surface area contributed by atoms with E-state index in [0.717, 1.165) is 48.9 Å². The summed E-state index contributed by atoms with van der Waals surface area (Å²) < 4.78 is 2.04. The van der Waals surface area contributed by atoms with Gasteiger partial charge in [0.05, 0.1) is 23.6 Å². The molecular weight excluding hydrogens is 322 g/mol. The van der Waals surface area contributed by atoms with Crippen LogP contribution in [0.5, 0.6) is 0 Å². The van der Waals surface area contributed by atoms with Gasteiger partial charge in [-0.05, 0) is 56.1 Å². The molecule has 0 aliphatic heterocycles. The molecule has 2 aliphatic rings. The highest BCUT2D eigenvalue weighted by Crippen LogP contribution is 2.41. The van der Waals surface area contributed by atoms with Crippen LogP contribution in [0.4, 0.5) is 0 Å². The van der Waals surface area contributed by atoms with Gasteiger partial charge in [0, 0.05) is 11.1 Å². The van der Waals surface area contributed by atoms with Gasteiger partial charge in [-0.15, -0.1) is 0 Å². The Hall–Kier alpha value is -2.36. The second kappa shape index (κ2) is 6.75. The zero-order valence-corrected chi connectivity index (χ0v) is 15.7. The maximum Gasteiger partial charge on any atom is 0.247 e. The minimum absolute atomic E-state index is 0.0292. The van der Waals surface area contributed by atoms with Gasteiger partial charge >= 0.3 is 0 Å². The fourth-order valence-corrected chi connectivity index (χ4v) is 4.26. The van der Waals surface area contributed by atoms with Crippen molar-refractivity contribution in [3.8, 4) is 5.69 Å². The normalized spacial score (nSPS) is 21.6. The van der Waals surface area contributed by atoms with Gasteiger partial charge in [-0.1, -0.05) is 38.1 Å². The monoisotopic (exact) mass is 349 g/mol. The summed E-state index contributed by atoms with van der Waals surface area (Å²) in [7, 11) is 0. The van der Waals surface area contributed by atoms with E-state index in [0.29, 0.717) is 0 Å². The van der Waals surface area contributed by atoms with E-state index in [1.165, 1.54) is 12.1 Å². The number of benzene rings is 1. The number of hydrogen-bond acceptors (Lipinski definition) is 2. The average molecular weight is 349 g/mol. The number of carbonyl (C=O) groups is 1. The molecule has 0 saturated carbocycles. The van der Waals surface area contributed by atoms with Gasteiger partial charge in [0.1, 0.15) is 0 Å². The molecule has 0 spiro atoms. The van der Waals surface area contributed by atoms with E-state index in [2.05, 4.69) is 42.5 Å². The Labute approximate surface area is 155 Å². The van der Waals surface area contributed by atoms with Crippen molar-refractivity contribution in [3.63, 3.8) is 0 Å². The maximum absolute atomic E-state index is 12.8. The van der Waals surface area contributed by atoms with Gasteiger partial charge in [0.25, 0.3) is 0 Å². The molecule has 4 heteroatoms. The lowest BCUT2D eigenvalue weighted by molar-refractivity contribution is -0.118. The number of hydrogen-bond donors (Lipinski definition) is 1. The van der Waals surface area contributed by atoms with Gasteiger partial charge in [0.2, 0.25) is 5.91 Å². The molecule has 1 aromatic carbocycles. The molecule has 4 rings (SSSR count). The first-order valence-corrected chi connectivity index (χ1v) is 9.66. The zero-order valence-electron chi connectivity index (χ0n) is 15.7. The summed E-state index contributed by atoms with van der Waals surface area (Å²) in [6, 6.07) is 10.3.